The Morgan fingerprint density at radius 3 is 2.67 bits per heavy atom. The van der Waals surface area contributed by atoms with Crippen LogP contribution in [0.25, 0.3) is 0 Å². The summed E-state index contributed by atoms with van der Waals surface area (Å²) in [6, 6.07) is 1.59. The van der Waals surface area contributed by atoms with Gasteiger partial charge in [-0.15, -0.1) is 5.11 Å². The van der Waals surface area contributed by atoms with Crippen LogP contribution in [0.5, 0.6) is 5.75 Å². The van der Waals surface area contributed by atoms with Crippen molar-refractivity contribution in [2.24, 2.45) is 16.0 Å². The van der Waals surface area contributed by atoms with Crippen LogP contribution < -0.4 is 40.2 Å². The molecule has 0 aromatic heterocycles. The van der Waals surface area contributed by atoms with E-state index in [-0.39, 0.29) is 47.4 Å². The molecule has 0 fully saturated rings. The van der Waals surface area contributed by atoms with Crippen molar-refractivity contribution in [3.63, 3.8) is 0 Å². The number of anilines is 1. The van der Waals surface area contributed by atoms with Gasteiger partial charge in [0.15, 0.2) is 0 Å². The largest absolute Gasteiger partial charge is 1.00 e. The summed E-state index contributed by atoms with van der Waals surface area (Å²) in [6.07, 6.45) is -0.0307. The fourth-order valence-electron chi connectivity index (χ4n) is 2.06. The number of carbonyl (C=O) groups is 1. The van der Waals surface area contributed by atoms with Crippen molar-refractivity contribution in [2.45, 2.75) is 11.8 Å². The van der Waals surface area contributed by atoms with E-state index in [2.05, 4.69) is 10.2 Å². The maximum atomic E-state index is 11.1. The van der Waals surface area contributed by atoms with Crippen molar-refractivity contribution in [2.75, 3.05) is 11.9 Å². The number of nitrogens with zero attached hydrogens (tertiary/aromatic N) is 3. The molecule has 2 amide bonds. The Bertz CT molecular complexity index is 706. The monoisotopic (exact) mass is 322 g/mol. The van der Waals surface area contributed by atoms with Crippen molar-refractivity contribution in [1.29, 1.82) is 0 Å². The van der Waals surface area contributed by atoms with E-state index in [1.165, 1.54) is 24.1 Å². The summed E-state index contributed by atoms with van der Waals surface area (Å²) in [7, 11) is -3.06. The van der Waals surface area contributed by atoms with Gasteiger partial charge in [0.05, 0.1) is 0 Å². The zero-order chi connectivity index (χ0) is 15.1. The number of hydrogen-bond donors (Lipinski definition) is 2. The van der Waals surface area contributed by atoms with Gasteiger partial charge in [-0.2, -0.15) is 0 Å². The fraction of sp³-hybridized carbons (Fsp3) is 0.300. The Balaban J connectivity index is 0.00000220. The van der Waals surface area contributed by atoms with E-state index in [0.29, 0.717) is 11.3 Å². The molecule has 9 nitrogen and oxygen atoms in total. The molecule has 108 valence electrons. The minimum absolute atomic E-state index is 0. The minimum Gasteiger partial charge on any atom is -0.746 e. The van der Waals surface area contributed by atoms with Crippen LogP contribution in [0.15, 0.2) is 22.4 Å². The van der Waals surface area contributed by atoms with Crippen LogP contribution >= 0.6 is 0 Å². The van der Waals surface area contributed by atoms with Gasteiger partial charge in [0, 0.05) is 25.2 Å². The Morgan fingerprint density at radius 1 is 1.52 bits per heavy atom. The van der Waals surface area contributed by atoms with Gasteiger partial charge in [-0.25, -0.2) is 13.2 Å². The number of nitrogens with two attached hydrogens (primary N) is 1. The maximum absolute atomic E-state index is 11.1. The molecule has 1 unspecified atom stereocenters. The Hall–Kier alpha value is -1.20. The second kappa shape index (κ2) is 6.28. The van der Waals surface area contributed by atoms with Gasteiger partial charge in [-0.3, -0.25) is 0 Å². The predicted molar refractivity (Wildman–Crippen MR) is 67.8 cm³/mol. The number of rotatable bonds is 2. The van der Waals surface area contributed by atoms with Crippen molar-refractivity contribution < 1.29 is 52.4 Å². The average Bonchev–Trinajstić information content (AvgIpc) is 2.63. The zero-order valence-corrected chi connectivity index (χ0v) is 14.2. The Labute approximate surface area is 142 Å². The summed E-state index contributed by atoms with van der Waals surface area (Å²) >= 11 is 0. The second-order valence-corrected chi connectivity index (χ2v) is 5.80. The molecular weight excluding hydrogens is 311 g/mol. The van der Waals surface area contributed by atoms with Crippen LogP contribution in [0.1, 0.15) is 5.56 Å². The topological polar surface area (TPSA) is 148 Å². The number of urea groups is 1. The molecule has 1 aliphatic rings. The van der Waals surface area contributed by atoms with Crippen molar-refractivity contribution in [3.8, 4) is 5.75 Å². The molecule has 0 spiro atoms. The third-order valence-electron chi connectivity index (χ3n) is 2.97. The number of likely N-dealkylation sites (N-methyl/N-ethyl adjacent to an activating group) is 1. The first-order valence-corrected chi connectivity index (χ1v) is 6.92. The number of hydrogen-bond acceptors (Lipinski definition) is 7. The van der Waals surface area contributed by atoms with Gasteiger partial charge in [0.1, 0.15) is 26.9 Å². The minimum atomic E-state index is -4.50. The molecule has 0 aliphatic carbocycles. The SMILES string of the molecule is CN1c2cc(O)c(N=NC(N)=O)cc2CC1S(=O)(=O)[O-].[Na+]. The van der Waals surface area contributed by atoms with E-state index in [9.17, 15) is 22.9 Å². The molecule has 1 atom stereocenters. The molecule has 1 aromatic carbocycles. The number of azo groups is 1. The molecular formula is C10H11N4NaO5S. The average molecular weight is 322 g/mol. The van der Waals surface area contributed by atoms with Gasteiger partial charge in [0.2, 0.25) is 0 Å². The molecule has 21 heavy (non-hydrogen) atoms. The summed E-state index contributed by atoms with van der Waals surface area (Å²) in [5.41, 5.74) is 5.68. The molecule has 2 rings (SSSR count). The van der Waals surface area contributed by atoms with E-state index >= 15 is 0 Å². The number of fused-ring (bicyclic) bond motifs is 1. The molecule has 0 radical (unpaired) electrons. The molecule has 1 aromatic rings. The van der Waals surface area contributed by atoms with E-state index in [1.807, 2.05) is 0 Å². The molecule has 0 bridgehead atoms. The van der Waals surface area contributed by atoms with Crippen molar-refractivity contribution in [1.82, 2.24) is 0 Å². The summed E-state index contributed by atoms with van der Waals surface area (Å²) in [4.78, 5) is 11.8. The van der Waals surface area contributed by atoms with Crippen LogP contribution in [0.4, 0.5) is 16.2 Å². The summed E-state index contributed by atoms with van der Waals surface area (Å²) in [5, 5.41) is 15.0. The molecule has 0 saturated heterocycles. The fourth-order valence-corrected chi connectivity index (χ4v) is 2.94. The standard InChI is InChI=1S/C10H12N4O5S.Na/c1-14-7-4-8(15)6(12-13-10(11)16)2-5(7)3-9(14)20(17,18)19;/h2,4,9,15H,3H2,1H3,(H2,11,16)(H,17,18,19);/q;+1/p-1. The van der Waals surface area contributed by atoms with Gasteiger partial charge in [0.25, 0.3) is 0 Å². The number of carbonyl (C=O) groups excluding carboxylic acids is 1. The zero-order valence-electron chi connectivity index (χ0n) is 11.3. The Kier molecular flexibility index (Phi) is 5.34. The molecule has 1 aliphatic heterocycles. The van der Waals surface area contributed by atoms with E-state index < -0.39 is 21.5 Å². The number of phenols is 1. The first-order chi connectivity index (χ1) is 9.20. The predicted octanol–water partition coefficient (Wildman–Crippen LogP) is -2.58. The molecule has 11 heteroatoms. The maximum Gasteiger partial charge on any atom is 1.00 e. The normalized spacial score (nSPS) is 17.6. The van der Waals surface area contributed by atoms with E-state index in [1.54, 1.807) is 0 Å². The number of amides is 2. The molecule has 3 N–H and O–H groups in total. The van der Waals surface area contributed by atoms with Crippen LogP contribution in [0.2, 0.25) is 0 Å². The Morgan fingerprint density at radius 2 is 2.14 bits per heavy atom. The van der Waals surface area contributed by atoms with Crippen LogP contribution in [-0.2, 0) is 16.5 Å². The first-order valence-electron chi connectivity index (χ1n) is 5.44. The summed E-state index contributed by atoms with van der Waals surface area (Å²) in [6.45, 7) is 0. The first kappa shape index (κ1) is 17.9. The van der Waals surface area contributed by atoms with Crippen LogP contribution in [0.3, 0.4) is 0 Å². The van der Waals surface area contributed by atoms with Gasteiger partial charge in [-0.05, 0) is 11.6 Å². The van der Waals surface area contributed by atoms with Gasteiger partial charge < -0.3 is 20.3 Å². The van der Waals surface area contributed by atoms with Crippen molar-refractivity contribution in [3.05, 3.63) is 17.7 Å². The third kappa shape index (κ3) is 3.71. The van der Waals surface area contributed by atoms with Crippen LogP contribution in [-0.4, -0.2) is 36.5 Å². The van der Waals surface area contributed by atoms with Gasteiger partial charge in [-0.1, -0.05) is 5.11 Å². The molecule has 0 saturated carbocycles. The second-order valence-electron chi connectivity index (χ2n) is 4.27. The van der Waals surface area contributed by atoms with E-state index in [0.717, 1.165) is 0 Å². The third-order valence-corrected chi connectivity index (χ3v) is 4.12. The molecule has 1 heterocycles. The quantitative estimate of drug-likeness (QED) is 0.347. The number of phenolic OH excluding ortho intramolecular Hbond substituents is 1. The summed E-state index contributed by atoms with van der Waals surface area (Å²) < 4.78 is 33.4. The summed E-state index contributed by atoms with van der Waals surface area (Å²) in [5.74, 6) is -0.301. The smallest absolute Gasteiger partial charge is 0.746 e. The van der Waals surface area contributed by atoms with Gasteiger partial charge >= 0.3 is 35.6 Å². The number of primary amides is 1. The van der Waals surface area contributed by atoms with Crippen molar-refractivity contribution >= 4 is 27.5 Å². The van der Waals surface area contributed by atoms with E-state index in [4.69, 9.17) is 5.73 Å². The number of benzene rings is 1. The number of aromatic hydroxyl groups is 1. The van der Waals surface area contributed by atoms with Crippen LogP contribution in [0, 0.1) is 0 Å².